The van der Waals surface area contributed by atoms with E-state index in [1.165, 1.54) is 18.2 Å². The number of hydrogen-bond donors (Lipinski definition) is 2. The number of hydrogen-bond acceptors (Lipinski definition) is 3. The number of unbranched alkanes of at least 4 members (excludes halogenated alkanes) is 2. The standard InChI is InChI=1S/C14H22FNO2/c1-11(16-8-4-3-5-9-18-2)13-10-12(15)6-7-14(13)17/h6-7,10-11,16-17H,3-5,8-9H2,1-2H3. The number of ether oxygens (including phenoxy) is 1. The summed E-state index contributed by atoms with van der Waals surface area (Å²) in [5.74, 6) is -0.188. The molecule has 2 N–H and O–H groups in total. The Balaban J connectivity index is 2.31. The normalized spacial score (nSPS) is 12.6. The number of halogens is 1. The highest BCUT2D eigenvalue weighted by molar-refractivity contribution is 5.34. The molecule has 0 fully saturated rings. The van der Waals surface area contributed by atoms with Gasteiger partial charge in [0.05, 0.1) is 0 Å². The third-order valence-electron chi connectivity index (χ3n) is 2.93. The second kappa shape index (κ2) is 8.06. The van der Waals surface area contributed by atoms with Crippen molar-refractivity contribution in [2.24, 2.45) is 0 Å². The first kappa shape index (κ1) is 14.9. The summed E-state index contributed by atoms with van der Waals surface area (Å²) in [6.45, 7) is 3.56. The highest BCUT2D eigenvalue weighted by atomic mass is 19.1. The van der Waals surface area contributed by atoms with Gasteiger partial charge in [-0.3, -0.25) is 0 Å². The predicted molar refractivity (Wildman–Crippen MR) is 70.2 cm³/mol. The van der Waals surface area contributed by atoms with Crippen molar-refractivity contribution in [2.75, 3.05) is 20.3 Å². The van der Waals surface area contributed by atoms with E-state index in [2.05, 4.69) is 5.32 Å². The van der Waals surface area contributed by atoms with Crippen LogP contribution in [0.5, 0.6) is 5.75 Å². The van der Waals surface area contributed by atoms with Crippen LogP contribution in [-0.2, 0) is 4.74 Å². The molecule has 0 aliphatic heterocycles. The van der Waals surface area contributed by atoms with E-state index in [0.717, 1.165) is 32.4 Å². The summed E-state index contributed by atoms with van der Waals surface area (Å²) in [5, 5.41) is 12.9. The topological polar surface area (TPSA) is 41.5 Å². The maximum Gasteiger partial charge on any atom is 0.123 e. The number of methoxy groups -OCH3 is 1. The van der Waals surface area contributed by atoms with Gasteiger partial charge in [0.15, 0.2) is 0 Å². The summed E-state index contributed by atoms with van der Waals surface area (Å²) < 4.78 is 18.1. The van der Waals surface area contributed by atoms with Crippen LogP contribution in [-0.4, -0.2) is 25.4 Å². The van der Waals surface area contributed by atoms with E-state index in [9.17, 15) is 9.50 Å². The van der Waals surface area contributed by atoms with Crippen LogP contribution in [0.2, 0.25) is 0 Å². The van der Waals surface area contributed by atoms with Crippen molar-refractivity contribution in [3.8, 4) is 5.75 Å². The van der Waals surface area contributed by atoms with E-state index < -0.39 is 0 Å². The summed E-state index contributed by atoms with van der Waals surface area (Å²) in [5.41, 5.74) is 0.604. The van der Waals surface area contributed by atoms with Crippen LogP contribution in [0.25, 0.3) is 0 Å². The van der Waals surface area contributed by atoms with E-state index in [4.69, 9.17) is 4.74 Å². The van der Waals surface area contributed by atoms with Crippen LogP contribution in [0.1, 0.15) is 37.8 Å². The predicted octanol–water partition coefficient (Wildman–Crippen LogP) is 3.00. The van der Waals surface area contributed by atoms with Gasteiger partial charge in [0.1, 0.15) is 11.6 Å². The van der Waals surface area contributed by atoms with E-state index in [1.54, 1.807) is 7.11 Å². The first-order chi connectivity index (χ1) is 8.65. The van der Waals surface area contributed by atoms with Crippen LogP contribution >= 0.6 is 0 Å². The third kappa shape index (κ3) is 5.02. The van der Waals surface area contributed by atoms with Crippen LogP contribution in [0.4, 0.5) is 4.39 Å². The van der Waals surface area contributed by atoms with E-state index in [0.29, 0.717) is 5.56 Å². The summed E-state index contributed by atoms with van der Waals surface area (Å²) in [6, 6.07) is 3.97. The lowest BCUT2D eigenvalue weighted by atomic mass is 10.1. The Labute approximate surface area is 108 Å². The zero-order valence-corrected chi connectivity index (χ0v) is 11.1. The minimum Gasteiger partial charge on any atom is -0.508 e. The Morgan fingerprint density at radius 2 is 2.11 bits per heavy atom. The fourth-order valence-corrected chi connectivity index (χ4v) is 1.85. The maximum absolute atomic E-state index is 13.1. The Morgan fingerprint density at radius 3 is 2.83 bits per heavy atom. The first-order valence-electron chi connectivity index (χ1n) is 6.36. The van der Waals surface area contributed by atoms with Crippen molar-refractivity contribution in [2.45, 2.75) is 32.2 Å². The van der Waals surface area contributed by atoms with Gasteiger partial charge < -0.3 is 15.2 Å². The Kier molecular flexibility index (Phi) is 6.68. The molecule has 0 aliphatic rings. The maximum atomic E-state index is 13.1. The zero-order chi connectivity index (χ0) is 13.4. The molecular formula is C14H22FNO2. The summed E-state index contributed by atoms with van der Waals surface area (Å²) in [4.78, 5) is 0. The van der Waals surface area contributed by atoms with Gasteiger partial charge in [0, 0.05) is 25.3 Å². The average Bonchev–Trinajstić information content (AvgIpc) is 2.36. The number of benzene rings is 1. The smallest absolute Gasteiger partial charge is 0.123 e. The van der Waals surface area contributed by atoms with Gasteiger partial charge in [-0.05, 0) is 50.9 Å². The quantitative estimate of drug-likeness (QED) is 0.702. The fourth-order valence-electron chi connectivity index (χ4n) is 1.85. The molecule has 1 atom stereocenters. The van der Waals surface area contributed by atoms with Crippen LogP contribution in [0, 0.1) is 5.82 Å². The van der Waals surface area contributed by atoms with Crippen LogP contribution in [0.3, 0.4) is 0 Å². The van der Waals surface area contributed by atoms with E-state index >= 15 is 0 Å². The molecule has 1 unspecified atom stereocenters. The second-order valence-electron chi connectivity index (χ2n) is 4.43. The van der Waals surface area contributed by atoms with Gasteiger partial charge >= 0.3 is 0 Å². The van der Waals surface area contributed by atoms with E-state index in [1.807, 2.05) is 6.92 Å². The highest BCUT2D eigenvalue weighted by Crippen LogP contribution is 2.24. The van der Waals surface area contributed by atoms with Crippen molar-refractivity contribution in [1.29, 1.82) is 0 Å². The molecule has 102 valence electrons. The summed E-state index contributed by atoms with van der Waals surface area (Å²) in [6.07, 6.45) is 3.20. The number of phenols is 1. The van der Waals surface area contributed by atoms with Crippen molar-refractivity contribution in [3.05, 3.63) is 29.6 Å². The SMILES string of the molecule is COCCCCCNC(C)c1cc(F)ccc1O. The second-order valence-corrected chi connectivity index (χ2v) is 4.43. The molecule has 0 saturated heterocycles. The molecule has 1 aromatic carbocycles. The van der Waals surface area contributed by atoms with Crippen molar-refractivity contribution >= 4 is 0 Å². The number of phenolic OH excluding ortho intramolecular Hbond substituents is 1. The molecule has 0 saturated carbocycles. The van der Waals surface area contributed by atoms with Crippen LogP contribution < -0.4 is 5.32 Å². The molecule has 1 aromatic rings. The van der Waals surface area contributed by atoms with Crippen molar-refractivity contribution in [1.82, 2.24) is 5.32 Å². The molecule has 0 spiro atoms. The molecule has 3 nitrogen and oxygen atoms in total. The summed E-state index contributed by atoms with van der Waals surface area (Å²) >= 11 is 0. The molecule has 0 amide bonds. The molecule has 4 heteroatoms. The largest absolute Gasteiger partial charge is 0.508 e. The third-order valence-corrected chi connectivity index (χ3v) is 2.93. The van der Waals surface area contributed by atoms with Crippen molar-refractivity contribution < 1.29 is 14.2 Å². The molecule has 18 heavy (non-hydrogen) atoms. The van der Waals surface area contributed by atoms with E-state index in [-0.39, 0.29) is 17.6 Å². The van der Waals surface area contributed by atoms with Gasteiger partial charge in [-0.25, -0.2) is 4.39 Å². The van der Waals surface area contributed by atoms with Gasteiger partial charge in [0.25, 0.3) is 0 Å². The molecule has 0 bridgehead atoms. The highest BCUT2D eigenvalue weighted by Gasteiger charge is 2.10. The molecular weight excluding hydrogens is 233 g/mol. The molecule has 0 aliphatic carbocycles. The molecule has 0 radical (unpaired) electrons. The first-order valence-corrected chi connectivity index (χ1v) is 6.36. The minimum atomic E-state index is -0.323. The van der Waals surface area contributed by atoms with Gasteiger partial charge in [-0.1, -0.05) is 0 Å². The lowest BCUT2D eigenvalue weighted by Gasteiger charge is -2.15. The van der Waals surface area contributed by atoms with Gasteiger partial charge in [-0.2, -0.15) is 0 Å². The minimum absolute atomic E-state index is 0.0527. The Bertz CT molecular complexity index is 358. The molecule has 0 aromatic heterocycles. The molecule has 0 heterocycles. The van der Waals surface area contributed by atoms with Crippen molar-refractivity contribution in [3.63, 3.8) is 0 Å². The summed E-state index contributed by atoms with van der Waals surface area (Å²) in [7, 11) is 1.70. The fraction of sp³-hybridized carbons (Fsp3) is 0.571. The Morgan fingerprint density at radius 1 is 1.33 bits per heavy atom. The zero-order valence-electron chi connectivity index (χ0n) is 11.1. The lowest BCUT2D eigenvalue weighted by Crippen LogP contribution is -2.20. The van der Waals surface area contributed by atoms with Gasteiger partial charge in [-0.15, -0.1) is 0 Å². The average molecular weight is 255 g/mol. The van der Waals surface area contributed by atoms with Gasteiger partial charge in [0.2, 0.25) is 0 Å². The lowest BCUT2D eigenvalue weighted by molar-refractivity contribution is 0.192. The number of nitrogens with one attached hydrogen (secondary N) is 1. The number of rotatable bonds is 8. The van der Waals surface area contributed by atoms with Crippen LogP contribution in [0.15, 0.2) is 18.2 Å². The molecule has 1 rings (SSSR count). The Hall–Kier alpha value is -1.13. The monoisotopic (exact) mass is 255 g/mol. The number of aromatic hydroxyl groups is 1.